The second kappa shape index (κ2) is 11.4. The van der Waals surface area contributed by atoms with E-state index in [1.165, 1.54) is 7.11 Å². The highest BCUT2D eigenvalue weighted by molar-refractivity contribution is 6.03. The van der Waals surface area contributed by atoms with Crippen molar-refractivity contribution in [3.63, 3.8) is 0 Å². The fraction of sp³-hybridized carbons (Fsp3) is 0.429. The summed E-state index contributed by atoms with van der Waals surface area (Å²) in [5.41, 5.74) is 16.8. The Morgan fingerprint density at radius 2 is 1.95 bits per heavy atom. The average molecular weight is 534 g/mol. The monoisotopic (exact) mass is 533 g/mol. The van der Waals surface area contributed by atoms with Crippen LogP contribution < -0.4 is 26.6 Å². The van der Waals surface area contributed by atoms with Gasteiger partial charge in [-0.05, 0) is 30.2 Å². The average Bonchev–Trinajstić information content (AvgIpc) is 2.94. The van der Waals surface area contributed by atoms with Crippen molar-refractivity contribution < 1.29 is 19.1 Å². The van der Waals surface area contributed by atoms with Crippen LogP contribution in [-0.4, -0.2) is 80.4 Å². The Labute approximate surface area is 227 Å². The molecule has 0 bridgehead atoms. The number of ether oxygens (including phenoxy) is 2. The summed E-state index contributed by atoms with van der Waals surface area (Å²) in [5.74, 6) is -0.122. The molecule has 1 amide bonds. The van der Waals surface area contributed by atoms with E-state index < -0.39 is 6.09 Å². The van der Waals surface area contributed by atoms with Gasteiger partial charge in [0.2, 0.25) is 0 Å². The highest BCUT2D eigenvalue weighted by atomic mass is 16.5. The van der Waals surface area contributed by atoms with Crippen LogP contribution in [0.2, 0.25) is 0 Å². The number of nitrogens with two attached hydrogens (primary N) is 2. The molecule has 39 heavy (non-hydrogen) atoms. The number of aromatic nitrogens is 2. The minimum atomic E-state index is -0.497. The summed E-state index contributed by atoms with van der Waals surface area (Å²) in [6, 6.07) is 9.20. The van der Waals surface area contributed by atoms with Gasteiger partial charge in [-0.15, -0.1) is 0 Å². The standard InChI is InChI=1S/C28H35N7O4/c1-17-15-35(16-22(30)26(17)33-28(37)38-2)24-5-6-31-14-19(24)12-25(36)27-21(29)11-18-3-4-20(13-23(18)32-27)34-7-9-39-10-8-34/h3-6,11,13-14,17,22,26H,7-10,12,15-16,29-30H2,1-2H3,(H,33,37)/t17-,22+,26-/m0/s1. The Morgan fingerprint density at radius 1 is 1.15 bits per heavy atom. The number of methoxy groups -OCH3 is 1. The van der Waals surface area contributed by atoms with Gasteiger partial charge in [0.25, 0.3) is 0 Å². The third kappa shape index (κ3) is 5.74. The lowest BCUT2D eigenvalue weighted by Gasteiger charge is -2.42. The van der Waals surface area contributed by atoms with E-state index >= 15 is 0 Å². The number of ketones is 1. The summed E-state index contributed by atoms with van der Waals surface area (Å²) >= 11 is 0. The van der Waals surface area contributed by atoms with Crippen molar-refractivity contribution in [3.05, 3.63) is 54.0 Å². The second-order valence-corrected chi connectivity index (χ2v) is 10.2. The smallest absolute Gasteiger partial charge is 0.407 e. The molecule has 2 fully saturated rings. The number of rotatable bonds is 6. The molecule has 3 atom stereocenters. The minimum Gasteiger partial charge on any atom is -0.453 e. The molecule has 2 aliphatic rings. The number of piperidine rings is 1. The Morgan fingerprint density at radius 3 is 2.69 bits per heavy atom. The third-order valence-electron chi connectivity index (χ3n) is 7.52. The van der Waals surface area contributed by atoms with Gasteiger partial charge in [0.1, 0.15) is 5.69 Å². The van der Waals surface area contributed by atoms with Crippen molar-refractivity contribution in [2.45, 2.75) is 25.4 Å². The molecule has 2 saturated heterocycles. The molecule has 0 unspecified atom stereocenters. The third-order valence-corrected chi connectivity index (χ3v) is 7.52. The van der Waals surface area contributed by atoms with E-state index in [1.807, 2.05) is 37.3 Å². The number of carbonyl (C=O) groups is 2. The molecule has 1 aromatic carbocycles. The number of nitrogens with one attached hydrogen (secondary N) is 1. The molecular formula is C28H35N7O4. The molecule has 4 heterocycles. The maximum absolute atomic E-state index is 13.5. The van der Waals surface area contributed by atoms with Crippen LogP contribution in [0, 0.1) is 5.92 Å². The van der Waals surface area contributed by atoms with Crippen LogP contribution >= 0.6 is 0 Å². The molecule has 0 saturated carbocycles. The first-order valence-electron chi connectivity index (χ1n) is 13.2. The highest BCUT2D eigenvalue weighted by Crippen LogP contribution is 2.29. The van der Waals surface area contributed by atoms with Crippen molar-refractivity contribution in [1.82, 2.24) is 15.3 Å². The van der Waals surface area contributed by atoms with Gasteiger partial charge in [-0.2, -0.15) is 0 Å². The van der Waals surface area contributed by atoms with Gasteiger partial charge < -0.3 is 36.1 Å². The van der Waals surface area contributed by atoms with Crippen molar-refractivity contribution >= 4 is 39.8 Å². The van der Waals surface area contributed by atoms with Gasteiger partial charge in [-0.1, -0.05) is 13.0 Å². The number of amides is 1. The molecule has 2 aliphatic heterocycles. The second-order valence-electron chi connectivity index (χ2n) is 10.2. The van der Waals surface area contributed by atoms with Crippen molar-refractivity contribution in [3.8, 4) is 0 Å². The molecule has 11 heteroatoms. The minimum absolute atomic E-state index is 0.0584. The van der Waals surface area contributed by atoms with Gasteiger partial charge in [0, 0.05) is 73.4 Å². The topological polar surface area (TPSA) is 149 Å². The zero-order valence-corrected chi connectivity index (χ0v) is 22.3. The summed E-state index contributed by atoms with van der Waals surface area (Å²) in [6.07, 6.45) is 3.01. The van der Waals surface area contributed by atoms with Crippen LogP contribution in [0.5, 0.6) is 0 Å². The maximum atomic E-state index is 13.5. The van der Waals surface area contributed by atoms with Crippen LogP contribution in [0.4, 0.5) is 21.9 Å². The first-order chi connectivity index (χ1) is 18.8. The van der Waals surface area contributed by atoms with E-state index in [1.54, 1.807) is 12.4 Å². The summed E-state index contributed by atoms with van der Waals surface area (Å²) < 4.78 is 10.2. The lowest BCUT2D eigenvalue weighted by Crippen LogP contribution is -2.62. The number of hydrogen-bond acceptors (Lipinski definition) is 10. The number of anilines is 3. The Kier molecular flexibility index (Phi) is 7.80. The molecule has 0 aliphatic carbocycles. The summed E-state index contributed by atoms with van der Waals surface area (Å²) in [7, 11) is 1.33. The van der Waals surface area contributed by atoms with Gasteiger partial charge in [0.05, 0.1) is 37.6 Å². The molecule has 0 radical (unpaired) electrons. The Balaban J connectivity index is 1.36. The number of fused-ring (bicyclic) bond motifs is 1. The summed E-state index contributed by atoms with van der Waals surface area (Å²) in [6.45, 7) is 6.19. The number of morpholine rings is 1. The number of nitrogen functional groups attached to an aromatic ring is 1. The first-order valence-corrected chi connectivity index (χ1v) is 13.2. The fourth-order valence-electron chi connectivity index (χ4n) is 5.50. The predicted molar refractivity (Wildman–Crippen MR) is 150 cm³/mol. The number of nitrogens with zero attached hydrogens (tertiary/aromatic N) is 4. The van der Waals surface area contributed by atoms with Gasteiger partial charge in [-0.3, -0.25) is 9.78 Å². The molecule has 5 rings (SSSR count). The normalized spacial score (nSPS) is 21.6. The highest BCUT2D eigenvalue weighted by Gasteiger charge is 2.34. The number of Topliss-reactive ketones (excluding diaryl/α,β-unsaturated/α-hetero) is 1. The zero-order chi connectivity index (χ0) is 27.5. The lowest BCUT2D eigenvalue weighted by molar-refractivity contribution is 0.0989. The quantitative estimate of drug-likeness (QED) is 0.402. The number of pyridine rings is 2. The summed E-state index contributed by atoms with van der Waals surface area (Å²) in [4.78, 5) is 38.7. The summed E-state index contributed by atoms with van der Waals surface area (Å²) in [5, 5.41) is 3.73. The van der Waals surface area contributed by atoms with E-state index in [4.69, 9.17) is 25.9 Å². The molecule has 0 spiro atoms. The van der Waals surface area contributed by atoms with E-state index in [0.29, 0.717) is 32.0 Å². The first kappa shape index (κ1) is 26.6. The number of alkyl carbamates (subject to hydrolysis) is 1. The molecule has 206 valence electrons. The van der Waals surface area contributed by atoms with E-state index in [9.17, 15) is 9.59 Å². The van der Waals surface area contributed by atoms with Gasteiger partial charge in [0.15, 0.2) is 5.78 Å². The van der Waals surface area contributed by atoms with Crippen molar-refractivity contribution in [1.29, 1.82) is 0 Å². The number of hydrogen-bond donors (Lipinski definition) is 3. The predicted octanol–water partition coefficient (Wildman–Crippen LogP) is 1.98. The Bertz CT molecular complexity index is 1350. The Hall–Kier alpha value is -3.96. The van der Waals surface area contributed by atoms with E-state index in [2.05, 4.69) is 20.1 Å². The van der Waals surface area contributed by atoms with Crippen molar-refractivity contribution in [2.75, 3.05) is 62.0 Å². The van der Waals surface area contributed by atoms with Crippen LogP contribution in [0.25, 0.3) is 10.9 Å². The number of benzene rings is 1. The van der Waals surface area contributed by atoms with E-state index in [0.717, 1.165) is 40.9 Å². The molecule has 3 aromatic rings. The largest absolute Gasteiger partial charge is 0.453 e. The molecule has 11 nitrogen and oxygen atoms in total. The van der Waals surface area contributed by atoms with E-state index in [-0.39, 0.29) is 35.9 Å². The molecule has 5 N–H and O–H groups in total. The maximum Gasteiger partial charge on any atom is 0.407 e. The van der Waals surface area contributed by atoms with Crippen LogP contribution in [-0.2, 0) is 15.9 Å². The SMILES string of the molecule is COC(=O)N[C@@H]1[C@H](N)CN(c2ccncc2CC(=O)c2nc3cc(N4CCOCC4)ccc3cc2N)C[C@@H]1C. The zero-order valence-electron chi connectivity index (χ0n) is 22.3. The van der Waals surface area contributed by atoms with Crippen molar-refractivity contribution in [2.24, 2.45) is 11.7 Å². The van der Waals surface area contributed by atoms with Gasteiger partial charge in [-0.25, -0.2) is 9.78 Å². The molecular weight excluding hydrogens is 498 g/mol. The van der Waals surface area contributed by atoms with Crippen LogP contribution in [0.1, 0.15) is 23.0 Å². The van der Waals surface area contributed by atoms with Gasteiger partial charge >= 0.3 is 6.09 Å². The fourth-order valence-corrected chi connectivity index (χ4v) is 5.50. The van der Waals surface area contributed by atoms with Crippen LogP contribution in [0.15, 0.2) is 42.7 Å². The number of carbonyl (C=O) groups excluding carboxylic acids is 2. The molecule has 2 aromatic heterocycles. The van der Waals surface area contributed by atoms with Crippen LogP contribution in [0.3, 0.4) is 0 Å². The lowest BCUT2D eigenvalue weighted by atomic mass is 9.89.